The fraction of sp³-hybridized carbons (Fsp3) is 0.636. The van der Waals surface area contributed by atoms with E-state index < -0.39 is 0 Å². The molecule has 0 bridgehead atoms. The zero-order valence-electron chi connectivity index (χ0n) is 8.93. The first-order chi connectivity index (χ1) is 7.38. The van der Waals surface area contributed by atoms with Crippen molar-refractivity contribution in [3.05, 3.63) is 24.0 Å². The average molecular weight is 210 g/mol. The number of aliphatic hydroxyl groups excluding tert-OH is 1. The van der Waals surface area contributed by atoms with Crippen molar-refractivity contribution in [2.24, 2.45) is 0 Å². The van der Waals surface area contributed by atoms with Gasteiger partial charge in [0.25, 0.3) is 0 Å². The van der Waals surface area contributed by atoms with Crippen LogP contribution in [-0.4, -0.2) is 47.4 Å². The zero-order valence-corrected chi connectivity index (χ0v) is 8.93. The molecule has 1 saturated heterocycles. The highest BCUT2D eigenvalue weighted by atomic mass is 16.5. The Morgan fingerprint density at radius 1 is 1.27 bits per heavy atom. The van der Waals surface area contributed by atoms with Gasteiger partial charge in [0, 0.05) is 38.6 Å². The maximum atomic E-state index is 8.93. The van der Waals surface area contributed by atoms with Crippen molar-refractivity contribution in [3.8, 4) is 0 Å². The van der Waals surface area contributed by atoms with Crippen LogP contribution in [-0.2, 0) is 17.9 Å². The zero-order chi connectivity index (χ0) is 10.5. The SMILES string of the molecule is OCc1ccn(CCN2CCOCC2)c1. The summed E-state index contributed by atoms with van der Waals surface area (Å²) in [6.07, 6.45) is 4.02. The molecule has 0 unspecified atom stereocenters. The van der Waals surface area contributed by atoms with Crippen LogP contribution >= 0.6 is 0 Å². The second-order valence-corrected chi connectivity index (χ2v) is 3.87. The molecule has 0 aromatic carbocycles. The van der Waals surface area contributed by atoms with Gasteiger partial charge in [-0.2, -0.15) is 0 Å². The van der Waals surface area contributed by atoms with E-state index in [9.17, 15) is 0 Å². The highest BCUT2D eigenvalue weighted by Crippen LogP contribution is 2.02. The first kappa shape index (κ1) is 10.7. The standard InChI is InChI=1S/C11H18N2O2/c14-10-11-1-2-13(9-11)4-3-12-5-7-15-8-6-12/h1-2,9,14H,3-8,10H2. The Morgan fingerprint density at radius 3 is 2.73 bits per heavy atom. The van der Waals surface area contributed by atoms with Gasteiger partial charge in [0.2, 0.25) is 0 Å². The summed E-state index contributed by atoms with van der Waals surface area (Å²) in [6.45, 7) is 5.96. The minimum absolute atomic E-state index is 0.130. The van der Waals surface area contributed by atoms with Gasteiger partial charge >= 0.3 is 0 Å². The molecule has 1 N–H and O–H groups in total. The second kappa shape index (κ2) is 5.30. The molecule has 0 atom stereocenters. The Morgan fingerprint density at radius 2 is 2.07 bits per heavy atom. The van der Waals surface area contributed by atoms with E-state index in [1.165, 1.54) is 0 Å². The number of nitrogens with zero attached hydrogens (tertiary/aromatic N) is 2. The van der Waals surface area contributed by atoms with Crippen LogP contribution in [0.1, 0.15) is 5.56 Å². The summed E-state index contributed by atoms with van der Waals surface area (Å²) in [6, 6.07) is 1.96. The third kappa shape index (κ3) is 3.06. The fourth-order valence-corrected chi connectivity index (χ4v) is 1.80. The molecule has 0 spiro atoms. The lowest BCUT2D eigenvalue weighted by atomic mass is 10.4. The van der Waals surface area contributed by atoms with E-state index in [0.717, 1.165) is 45.0 Å². The summed E-state index contributed by atoms with van der Waals surface area (Å²) in [5.74, 6) is 0. The number of ether oxygens (including phenoxy) is 1. The molecule has 2 heterocycles. The maximum absolute atomic E-state index is 8.93. The van der Waals surface area contributed by atoms with Gasteiger partial charge in [-0.3, -0.25) is 4.90 Å². The molecule has 1 aromatic heterocycles. The van der Waals surface area contributed by atoms with E-state index in [1.807, 2.05) is 18.5 Å². The van der Waals surface area contributed by atoms with Crippen molar-refractivity contribution >= 4 is 0 Å². The summed E-state index contributed by atoms with van der Waals surface area (Å²) < 4.78 is 7.42. The molecule has 1 fully saturated rings. The summed E-state index contributed by atoms with van der Waals surface area (Å²) >= 11 is 0. The van der Waals surface area contributed by atoms with Crippen LogP contribution in [0, 0.1) is 0 Å². The van der Waals surface area contributed by atoms with E-state index in [0.29, 0.717) is 0 Å². The maximum Gasteiger partial charge on any atom is 0.0696 e. The van der Waals surface area contributed by atoms with Crippen LogP contribution in [0.15, 0.2) is 18.5 Å². The molecule has 0 radical (unpaired) electrons. The van der Waals surface area contributed by atoms with E-state index in [4.69, 9.17) is 9.84 Å². The Hall–Kier alpha value is -0.840. The number of aromatic nitrogens is 1. The quantitative estimate of drug-likeness (QED) is 0.777. The summed E-state index contributed by atoms with van der Waals surface area (Å²) in [7, 11) is 0. The van der Waals surface area contributed by atoms with Gasteiger partial charge in [0.15, 0.2) is 0 Å². The summed E-state index contributed by atoms with van der Waals surface area (Å²) in [4.78, 5) is 2.40. The molecule has 1 aliphatic rings. The van der Waals surface area contributed by atoms with Gasteiger partial charge in [-0.05, 0) is 11.6 Å². The van der Waals surface area contributed by atoms with Crippen molar-refractivity contribution in [2.45, 2.75) is 13.2 Å². The first-order valence-corrected chi connectivity index (χ1v) is 5.44. The van der Waals surface area contributed by atoms with E-state index in [2.05, 4.69) is 9.47 Å². The highest BCUT2D eigenvalue weighted by Gasteiger charge is 2.09. The van der Waals surface area contributed by atoms with E-state index in [-0.39, 0.29) is 6.61 Å². The van der Waals surface area contributed by atoms with Crippen molar-refractivity contribution in [3.63, 3.8) is 0 Å². The largest absolute Gasteiger partial charge is 0.392 e. The predicted octanol–water partition coefficient (Wildman–Crippen LogP) is 0.313. The van der Waals surface area contributed by atoms with Crippen molar-refractivity contribution < 1.29 is 9.84 Å². The lowest BCUT2D eigenvalue weighted by molar-refractivity contribution is 0.0364. The van der Waals surface area contributed by atoms with Crippen molar-refractivity contribution in [1.82, 2.24) is 9.47 Å². The molecule has 0 amide bonds. The fourth-order valence-electron chi connectivity index (χ4n) is 1.80. The normalized spacial score (nSPS) is 18.2. The number of aliphatic hydroxyl groups is 1. The van der Waals surface area contributed by atoms with Crippen LogP contribution < -0.4 is 0 Å². The molecule has 1 aromatic rings. The van der Waals surface area contributed by atoms with Crippen LogP contribution in [0.2, 0.25) is 0 Å². The highest BCUT2D eigenvalue weighted by molar-refractivity contribution is 5.08. The first-order valence-electron chi connectivity index (χ1n) is 5.44. The molecule has 84 valence electrons. The number of hydrogen-bond donors (Lipinski definition) is 1. The second-order valence-electron chi connectivity index (χ2n) is 3.87. The monoisotopic (exact) mass is 210 g/mol. The minimum atomic E-state index is 0.130. The smallest absolute Gasteiger partial charge is 0.0696 e. The Labute approximate surface area is 90.1 Å². The van der Waals surface area contributed by atoms with Gasteiger partial charge in [-0.15, -0.1) is 0 Å². The summed E-state index contributed by atoms with van der Waals surface area (Å²) in [5, 5.41) is 8.93. The lowest BCUT2D eigenvalue weighted by Gasteiger charge is -2.26. The van der Waals surface area contributed by atoms with Crippen LogP contribution in [0.25, 0.3) is 0 Å². The summed E-state index contributed by atoms with van der Waals surface area (Å²) in [5.41, 5.74) is 0.983. The van der Waals surface area contributed by atoms with Crippen LogP contribution in [0.3, 0.4) is 0 Å². The van der Waals surface area contributed by atoms with Gasteiger partial charge < -0.3 is 14.4 Å². The Kier molecular flexibility index (Phi) is 3.77. The Balaban J connectivity index is 1.76. The molecular weight excluding hydrogens is 192 g/mol. The van der Waals surface area contributed by atoms with Gasteiger partial charge in [-0.1, -0.05) is 0 Å². The number of rotatable bonds is 4. The molecule has 15 heavy (non-hydrogen) atoms. The predicted molar refractivity (Wildman–Crippen MR) is 57.6 cm³/mol. The topological polar surface area (TPSA) is 37.6 Å². The van der Waals surface area contributed by atoms with Crippen molar-refractivity contribution in [1.29, 1.82) is 0 Å². The molecule has 0 saturated carbocycles. The van der Waals surface area contributed by atoms with Gasteiger partial charge in [-0.25, -0.2) is 0 Å². The molecule has 0 aliphatic carbocycles. The van der Waals surface area contributed by atoms with E-state index in [1.54, 1.807) is 0 Å². The van der Waals surface area contributed by atoms with Crippen LogP contribution in [0.5, 0.6) is 0 Å². The van der Waals surface area contributed by atoms with Gasteiger partial charge in [0.1, 0.15) is 0 Å². The molecule has 4 nitrogen and oxygen atoms in total. The third-order valence-electron chi connectivity index (χ3n) is 2.77. The minimum Gasteiger partial charge on any atom is -0.392 e. The van der Waals surface area contributed by atoms with Gasteiger partial charge in [0.05, 0.1) is 19.8 Å². The molecule has 1 aliphatic heterocycles. The van der Waals surface area contributed by atoms with E-state index >= 15 is 0 Å². The van der Waals surface area contributed by atoms with Crippen molar-refractivity contribution in [2.75, 3.05) is 32.8 Å². The third-order valence-corrected chi connectivity index (χ3v) is 2.77. The van der Waals surface area contributed by atoms with Crippen LogP contribution in [0.4, 0.5) is 0 Å². The molecule has 4 heteroatoms. The molecule has 2 rings (SSSR count). The number of morpholine rings is 1. The lowest BCUT2D eigenvalue weighted by Crippen LogP contribution is -2.38. The molecular formula is C11H18N2O2. The number of hydrogen-bond acceptors (Lipinski definition) is 3. The Bertz CT molecular complexity index is 293. The average Bonchev–Trinajstić information content (AvgIpc) is 2.76.